The van der Waals surface area contributed by atoms with Crippen molar-refractivity contribution in [2.75, 3.05) is 5.32 Å². The van der Waals surface area contributed by atoms with Gasteiger partial charge in [-0.2, -0.15) is 0 Å². The van der Waals surface area contributed by atoms with Crippen LogP contribution in [0.4, 0.5) is 5.69 Å². The average molecular weight is 371 g/mol. The molecule has 0 radical (unpaired) electrons. The second-order valence-corrected chi connectivity index (χ2v) is 6.27. The fourth-order valence-electron chi connectivity index (χ4n) is 3.21. The van der Waals surface area contributed by atoms with E-state index < -0.39 is 23.4 Å². The molecule has 0 heterocycles. The zero-order valence-electron chi connectivity index (χ0n) is 14.4. The van der Waals surface area contributed by atoms with Gasteiger partial charge in [-0.3, -0.25) is 14.4 Å². The van der Waals surface area contributed by atoms with E-state index in [1.807, 2.05) is 0 Å². The first kappa shape index (κ1) is 17.4. The van der Waals surface area contributed by atoms with E-state index in [4.69, 9.17) is 0 Å². The lowest BCUT2D eigenvalue weighted by molar-refractivity contribution is 0.0697. The van der Waals surface area contributed by atoms with Crippen LogP contribution in [-0.4, -0.2) is 28.5 Å². The summed E-state index contributed by atoms with van der Waals surface area (Å²) in [4.78, 5) is 49.7. The normalized spacial score (nSPS) is 12.1. The molecule has 1 aliphatic rings. The van der Waals surface area contributed by atoms with E-state index in [0.29, 0.717) is 5.56 Å². The van der Waals surface area contributed by atoms with Gasteiger partial charge in [-0.05, 0) is 24.3 Å². The average Bonchev–Trinajstić information content (AvgIpc) is 2.72. The minimum absolute atomic E-state index is 0.0128. The number of carboxylic acids is 1. The molecule has 6 heteroatoms. The molecule has 4 rings (SSSR count). The third kappa shape index (κ3) is 2.77. The van der Waals surface area contributed by atoms with Gasteiger partial charge in [-0.15, -0.1) is 0 Å². The smallest absolute Gasteiger partial charge is 0.337 e. The van der Waals surface area contributed by atoms with E-state index in [2.05, 4.69) is 5.32 Å². The van der Waals surface area contributed by atoms with Crippen LogP contribution < -0.4 is 5.32 Å². The Morgan fingerprint density at radius 1 is 0.714 bits per heavy atom. The van der Waals surface area contributed by atoms with Crippen LogP contribution >= 0.6 is 0 Å². The molecule has 0 unspecified atom stereocenters. The first-order chi connectivity index (χ1) is 13.5. The molecule has 0 atom stereocenters. The van der Waals surface area contributed by atoms with E-state index >= 15 is 0 Å². The minimum Gasteiger partial charge on any atom is -0.478 e. The predicted molar refractivity (Wildman–Crippen MR) is 101 cm³/mol. The maximum Gasteiger partial charge on any atom is 0.337 e. The fourth-order valence-corrected chi connectivity index (χ4v) is 3.21. The second-order valence-electron chi connectivity index (χ2n) is 6.27. The van der Waals surface area contributed by atoms with Gasteiger partial charge in [0.1, 0.15) is 0 Å². The SMILES string of the molecule is O=C(Nc1cc2c(cc1C(=O)O)C(=O)c1ccccc1C2=O)c1ccccc1. The molecule has 28 heavy (non-hydrogen) atoms. The van der Waals surface area contributed by atoms with Gasteiger partial charge in [0.25, 0.3) is 5.91 Å². The van der Waals surface area contributed by atoms with Gasteiger partial charge in [-0.1, -0.05) is 42.5 Å². The zero-order chi connectivity index (χ0) is 19.8. The zero-order valence-corrected chi connectivity index (χ0v) is 14.4. The lowest BCUT2D eigenvalue weighted by atomic mass is 9.83. The predicted octanol–water partition coefficient (Wildman–Crippen LogP) is 3.41. The summed E-state index contributed by atoms with van der Waals surface area (Å²) < 4.78 is 0. The minimum atomic E-state index is -1.31. The quantitative estimate of drug-likeness (QED) is 0.575. The van der Waals surface area contributed by atoms with Crippen LogP contribution in [-0.2, 0) is 0 Å². The van der Waals surface area contributed by atoms with Gasteiger partial charge in [0.05, 0.1) is 11.3 Å². The third-order valence-electron chi connectivity index (χ3n) is 4.58. The summed E-state index contributed by atoms with van der Waals surface area (Å²) in [7, 11) is 0. The number of benzene rings is 3. The number of carboxylic acid groups (broad SMARTS) is 1. The summed E-state index contributed by atoms with van der Waals surface area (Å²) in [6.45, 7) is 0. The van der Waals surface area contributed by atoms with E-state index in [9.17, 15) is 24.3 Å². The number of anilines is 1. The summed E-state index contributed by atoms with van der Waals surface area (Å²) >= 11 is 0. The fraction of sp³-hybridized carbons (Fsp3) is 0. The Morgan fingerprint density at radius 3 is 1.82 bits per heavy atom. The molecule has 0 fully saturated rings. The Morgan fingerprint density at radius 2 is 1.25 bits per heavy atom. The van der Waals surface area contributed by atoms with Gasteiger partial charge < -0.3 is 10.4 Å². The third-order valence-corrected chi connectivity index (χ3v) is 4.58. The Kier molecular flexibility index (Phi) is 4.08. The van der Waals surface area contributed by atoms with Crippen molar-refractivity contribution in [3.63, 3.8) is 0 Å². The number of amides is 1. The van der Waals surface area contributed by atoms with Crippen LogP contribution in [0.1, 0.15) is 52.6 Å². The van der Waals surface area contributed by atoms with E-state index in [-0.39, 0.29) is 33.5 Å². The molecular formula is C22H13NO5. The lowest BCUT2D eigenvalue weighted by Gasteiger charge is -2.19. The van der Waals surface area contributed by atoms with Crippen LogP contribution in [0.5, 0.6) is 0 Å². The number of carbonyl (C=O) groups excluding carboxylic acids is 3. The van der Waals surface area contributed by atoms with Gasteiger partial charge >= 0.3 is 5.97 Å². The number of nitrogens with one attached hydrogen (secondary N) is 1. The molecule has 0 aromatic heterocycles. The number of carbonyl (C=O) groups is 4. The van der Waals surface area contributed by atoms with Crippen LogP contribution in [0.15, 0.2) is 66.7 Å². The molecule has 6 nitrogen and oxygen atoms in total. The number of hydrogen-bond donors (Lipinski definition) is 2. The van der Waals surface area contributed by atoms with Gasteiger partial charge in [0.2, 0.25) is 0 Å². The molecule has 0 bridgehead atoms. The Bertz CT molecular complexity index is 1160. The molecule has 1 amide bonds. The van der Waals surface area contributed by atoms with E-state index in [1.165, 1.54) is 12.1 Å². The standard InChI is InChI=1S/C22H13NO5/c24-19-13-8-4-5-9-14(13)20(25)16-11-18(17(22(27)28)10-15(16)19)23-21(26)12-6-2-1-3-7-12/h1-11H,(H,23,26)(H,27,28). The summed E-state index contributed by atoms with van der Waals surface area (Å²) in [5.74, 6) is -2.64. The largest absolute Gasteiger partial charge is 0.478 e. The van der Waals surface area contributed by atoms with Crippen LogP contribution in [0, 0.1) is 0 Å². The van der Waals surface area contributed by atoms with E-state index in [1.54, 1.807) is 48.5 Å². The first-order valence-corrected chi connectivity index (χ1v) is 8.43. The number of hydrogen-bond acceptors (Lipinski definition) is 4. The van der Waals surface area contributed by atoms with Crippen molar-refractivity contribution >= 4 is 29.1 Å². The Labute approximate surface area is 159 Å². The molecule has 1 aliphatic carbocycles. The molecular weight excluding hydrogens is 358 g/mol. The van der Waals surface area contributed by atoms with Crippen LogP contribution in [0.3, 0.4) is 0 Å². The maximum atomic E-state index is 12.8. The van der Waals surface area contributed by atoms with Gasteiger partial charge in [0.15, 0.2) is 11.6 Å². The first-order valence-electron chi connectivity index (χ1n) is 8.43. The summed E-state index contributed by atoms with van der Waals surface area (Å²) in [6, 6.07) is 17.1. The topological polar surface area (TPSA) is 101 Å². The maximum absolute atomic E-state index is 12.8. The summed E-state index contributed by atoms with van der Waals surface area (Å²) in [5.41, 5.74) is 0.602. The number of aromatic carboxylic acids is 1. The lowest BCUT2D eigenvalue weighted by Crippen LogP contribution is -2.23. The van der Waals surface area contributed by atoms with Gasteiger partial charge in [0, 0.05) is 27.8 Å². The van der Waals surface area contributed by atoms with Crippen LogP contribution in [0.25, 0.3) is 0 Å². The van der Waals surface area contributed by atoms with Crippen molar-refractivity contribution in [3.05, 3.63) is 100 Å². The highest BCUT2D eigenvalue weighted by Crippen LogP contribution is 2.31. The van der Waals surface area contributed by atoms with Crippen molar-refractivity contribution in [1.82, 2.24) is 0 Å². The number of rotatable bonds is 3. The highest BCUT2D eigenvalue weighted by molar-refractivity contribution is 6.29. The second kappa shape index (κ2) is 6.59. The van der Waals surface area contributed by atoms with Crippen molar-refractivity contribution < 1.29 is 24.3 Å². The molecule has 0 spiro atoms. The molecule has 0 aliphatic heterocycles. The highest BCUT2D eigenvalue weighted by Gasteiger charge is 2.31. The Hall–Kier alpha value is -4.06. The number of fused-ring (bicyclic) bond motifs is 2. The van der Waals surface area contributed by atoms with E-state index in [0.717, 1.165) is 6.07 Å². The van der Waals surface area contributed by atoms with Crippen LogP contribution in [0.2, 0.25) is 0 Å². The monoisotopic (exact) mass is 371 g/mol. The van der Waals surface area contributed by atoms with Crippen molar-refractivity contribution in [2.24, 2.45) is 0 Å². The molecule has 2 N–H and O–H groups in total. The van der Waals surface area contributed by atoms with Crippen molar-refractivity contribution in [2.45, 2.75) is 0 Å². The number of ketones is 2. The molecule has 3 aromatic rings. The van der Waals surface area contributed by atoms with Crippen molar-refractivity contribution in [1.29, 1.82) is 0 Å². The molecule has 0 saturated heterocycles. The molecule has 0 saturated carbocycles. The highest BCUT2D eigenvalue weighted by atomic mass is 16.4. The summed E-state index contributed by atoms with van der Waals surface area (Å²) in [6.07, 6.45) is 0. The molecule has 136 valence electrons. The Balaban J connectivity index is 1.83. The summed E-state index contributed by atoms with van der Waals surface area (Å²) in [5, 5.41) is 12.1. The molecule has 3 aromatic carbocycles. The van der Waals surface area contributed by atoms with Gasteiger partial charge in [-0.25, -0.2) is 4.79 Å². The van der Waals surface area contributed by atoms with Crippen molar-refractivity contribution in [3.8, 4) is 0 Å².